The molecule has 0 radical (unpaired) electrons. The van der Waals surface area contributed by atoms with E-state index in [2.05, 4.69) is 20.0 Å². The quantitative estimate of drug-likeness (QED) is 0.904. The Balaban J connectivity index is 2.11. The van der Waals surface area contributed by atoms with Crippen LogP contribution in [0.15, 0.2) is 12.4 Å². The molecule has 0 spiro atoms. The highest BCUT2D eigenvalue weighted by Gasteiger charge is 2.14. The zero-order valence-corrected chi connectivity index (χ0v) is 10.7. The summed E-state index contributed by atoms with van der Waals surface area (Å²) in [6, 6.07) is 0.271. The van der Waals surface area contributed by atoms with Gasteiger partial charge in [0.2, 0.25) is 0 Å². The van der Waals surface area contributed by atoms with E-state index >= 15 is 0 Å². The maximum atomic E-state index is 11.9. The molecule has 0 atom stereocenters. The minimum Gasteiger partial charge on any atom is -0.318 e. The summed E-state index contributed by atoms with van der Waals surface area (Å²) in [4.78, 5) is 12.4. The van der Waals surface area contributed by atoms with E-state index in [0.717, 1.165) is 11.5 Å². The Labute approximate surface area is 103 Å². The first-order valence-corrected chi connectivity index (χ1v) is 5.99. The maximum absolute atomic E-state index is 11.9. The lowest BCUT2D eigenvalue weighted by Crippen LogP contribution is -2.11. The van der Waals surface area contributed by atoms with Gasteiger partial charge in [-0.3, -0.25) is 9.48 Å². The molecule has 17 heavy (non-hydrogen) atoms. The van der Waals surface area contributed by atoms with Crippen LogP contribution in [0, 0.1) is 6.92 Å². The highest BCUT2D eigenvalue weighted by Crippen LogP contribution is 2.14. The number of amides is 1. The van der Waals surface area contributed by atoms with Gasteiger partial charge >= 0.3 is 0 Å². The molecule has 7 heteroatoms. The van der Waals surface area contributed by atoms with Gasteiger partial charge in [-0.15, -0.1) is 5.10 Å². The molecule has 0 bridgehead atoms. The van der Waals surface area contributed by atoms with Crippen molar-refractivity contribution in [1.29, 1.82) is 0 Å². The molecule has 0 unspecified atom stereocenters. The van der Waals surface area contributed by atoms with Gasteiger partial charge in [0.1, 0.15) is 4.88 Å². The Bertz CT molecular complexity index is 530. The van der Waals surface area contributed by atoms with Gasteiger partial charge in [0, 0.05) is 12.2 Å². The number of carbonyl (C=O) groups is 1. The van der Waals surface area contributed by atoms with E-state index in [-0.39, 0.29) is 11.9 Å². The third kappa shape index (κ3) is 2.50. The number of hydrogen-bond donors (Lipinski definition) is 1. The number of anilines is 1. The largest absolute Gasteiger partial charge is 0.318 e. The molecule has 90 valence electrons. The molecule has 2 rings (SSSR count). The molecule has 0 aliphatic rings. The number of aryl methyl sites for hydroxylation is 1. The van der Waals surface area contributed by atoms with Crippen LogP contribution in [0.2, 0.25) is 0 Å². The van der Waals surface area contributed by atoms with E-state index < -0.39 is 0 Å². The predicted molar refractivity (Wildman–Crippen MR) is 65.2 cm³/mol. The molecule has 2 aromatic rings. The third-order valence-electron chi connectivity index (χ3n) is 2.25. The van der Waals surface area contributed by atoms with Crippen LogP contribution in [0.1, 0.15) is 35.3 Å². The van der Waals surface area contributed by atoms with Crippen molar-refractivity contribution in [2.45, 2.75) is 26.8 Å². The Kier molecular flexibility index (Phi) is 3.19. The van der Waals surface area contributed by atoms with Gasteiger partial charge in [0.25, 0.3) is 5.91 Å². The van der Waals surface area contributed by atoms with Gasteiger partial charge < -0.3 is 5.32 Å². The number of rotatable bonds is 3. The zero-order valence-electron chi connectivity index (χ0n) is 9.84. The molecule has 1 N–H and O–H groups in total. The summed E-state index contributed by atoms with van der Waals surface area (Å²) < 4.78 is 5.51. The summed E-state index contributed by atoms with van der Waals surface area (Å²) in [6.45, 7) is 5.81. The number of hydrogen-bond acceptors (Lipinski definition) is 5. The Morgan fingerprint density at radius 3 is 2.82 bits per heavy atom. The molecule has 0 aliphatic heterocycles. The molecule has 2 heterocycles. The average Bonchev–Trinajstić information content (AvgIpc) is 2.86. The second kappa shape index (κ2) is 4.62. The van der Waals surface area contributed by atoms with Crippen molar-refractivity contribution in [2.75, 3.05) is 5.32 Å². The molecule has 0 saturated carbocycles. The summed E-state index contributed by atoms with van der Waals surface area (Å²) in [5.41, 5.74) is 1.32. The normalized spacial score (nSPS) is 10.8. The monoisotopic (exact) mass is 251 g/mol. The SMILES string of the molecule is Cc1nnsc1C(=O)Nc1cnn(C(C)C)c1. The van der Waals surface area contributed by atoms with E-state index in [1.807, 2.05) is 13.8 Å². The summed E-state index contributed by atoms with van der Waals surface area (Å²) in [5.74, 6) is -0.194. The van der Waals surface area contributed by atoms with E-state index in [4.69, 9.17) is 0 Å². The second-order valence-electron chi connectivity index (χ2n) is 3.94. The van der Waals surface area contributed by atoms with Crippen LogP contribution in [0.3, 0.4) is 0 Å². The molecule has 2 aromatic heterocycles. The smallest absolute Gasteiger partial charge is 0.269 e. The summed E-state index contributed by atoms with van der Waals surface area (Å²) in [5, 5.41) is 10.7. The van der Waals surface area contributed by atoms with Gasteiger partial charge in [-0.2, -0.15) is 5.10 Å². The van der Waals surface area contributed by atoms with Crippen molar-refractivity contribution in [2.24, 2.45) is 0 Å². The van der Waals surface area contributed by atoms with Crippen molar-refractivity contribution in [3.05, 3.63) is 23.0 Å². The maximum Gasteiger partial charge on any atom is 0.269 e. The Hall–Kier alpha value is -1.76. The number of carbonyl (C=O) groups excluding carboxylic acids is 1. The fourth-order valence-electron chi connectivity index (χ4n) is 1.31. The van der Waals surface area contributed by atoms with Gasteiger partial charge in [0.05, 0.1) is 17.6 Å². The van der Waals surface area contributed by atoms with E-state index in [1.54, 1.807) is 24.0 Å². The van der Waals surface area contributed by atoms with Crippen LogP contribution >= 0.6 is 11.5 Å². The molecule has 0 aromatic carbocycles. The van der Waals surface area contributed by atoms with Crippen LogP contribution in [-0.4, -0.2) is 25.3 Å². The first-order chi connectivity index (χ1) is 8.08. The van der Waals surface area contributed by atoms with E-state index in [1.165, 1.54) is 0 Å². The van der Waals surface area contributed by atoms with Gasteiger partial charge in [0.15, 0.2) is 0 Å². The van der Waals surface area contributed by atoms with Crippen molar-refractivity contribution in [1.82, 2.24) is 19.4 Å². The minimum atomic E-state index is -0.194. The lowest BCUT2D eigenvalue weighted by Gasteiger charge is -2.03. The van der Waals surface area contributed by atoms with Crippen LogP contribution in [0.25, 0.3) is 0 Å². The third-order valence-corrected chi connectivity index (χ3v) is 3.07. The van der Waals surface area contributed by atoms with Crippen LogP contribution in [0.4, 0.5) is 5.69 Å². The molecule has 0 saturated heterocycles. The molecular weight excluding hydrogens is 238 g/mol. The molecule has 0 fully saturated rings. The number of nitrogens with one attached hydrogen (secondary N) is 1. The highest BCUT2D eigenvalue weighted by atomic mass is 32.1. The fourth-order valence-corrected chi connectivity index (χ4v) is 1.86. The van der Waals surface area contributed by atoms with Crippen molar-refractivity contribution >= 4 is 23.1 Å². The fraction of sp³-hybridized carbons (Fsp3) is 0.400. The van der Waals surface area contributed by atoms with E-state index in [9.17, 15) is 4.79 Å². The first-order valence-electron chi connectivity index (χ1n) is 5.22. The topological polar surface area (TPSA) is 72.7 Å². The first kappa shape index (κ1) is 11.7. The molecule has 1 amide bonds. The molecule has 0 aliphatic carbocycles. The lowest BCUT2D eigenvalue weighted by atomic mass is 10.3. The van der Waals surface area contributed by atoms with Gasteiger partial charge in [-0.05, 0) is 32.3 Å². The Morgan fingerprint density at radius 2 is 2.29 bits per heavy atom. The van der Waals surface area contributed by atoms with Gasteiger partial charge in [-0.25, -0.2) is 0 Å². The average molecular weight is 251 g/mol. The van der Waals surface area contributed by atoms with Crippen molar-refractivity contribution in [3.63, 3.8) is 0 Å². The number of aromatic nitrogens is 4. The van der Waals surface area contributed by atoms with Crippen molar-refractivity contribution in [3.8, 4) is 0 Å². The zero-order chi connectivity index (χ0) is 12.4. The van der Waals surface area contributed by atoms with Crippen LogP contribution in [-0.2, 0) is 0 Å². The molecular formula is C10H13N5OS. The predicted octanol–water partition coefficient (Wildman–Crippen LogP) is 1.88. The van der Waals surface area contributed by atoms with E-state index in [0.29, 0.717) is 16.3 Å². The van der Waals surface area contributed by atoms with Gasteiger partial charge in [-0.1, -0.05) is 4.49 Å². The number of nitrogens with zero attached hydrogens (tertiary/aromatic N) is 4. The minimum absolute atomic E-state index is 0.194. The lowest BCUT2D eigenvalue weighted by molar-refractivity contribution is 0.103. The summed E-state index contributed by atoms with van der Waals surface area (Å²) in [6.07, 6.45) is 3.42. The molecule has 6 nitrogen and oxygen atoms in total. The van der Waals surface area contributed by atoms with Crippen LogP contribution in [0.5, 0.6) is 0 Å². The van der Waals surface area contributed by atoms with Crippen molar-refractivity contribution < 1.29 is 4.79 Å². The highest BCUT2D eigenvalue weighted by molar-refractivity contribution is 7.08. The summed E-state index contributed by atoms with van der Waals surface area (Å²) in [7, 11) is 0. The second-order valence-corrected chi connectivity index (χ2v) is 4.70. The van der Waals surface area contributed by atoms with Crippen LogP contribution < -0.4 is 5.32 Å². The summed E-state index contributed by atoms with van der Waals surface area (Å²) >= 11 is 1.09. The standard InChI is InChI=1S/C10H13N5OS/c1-6(2)15-5-8(4-11-15)12-10(16)9-7(3)13-14-17-9/h4-6H,1-3H3,(H,12,16). The Morgan fingerprint density at radius 1 is 1.53 bits per heavy atom.